The normalized spacial score (nSPS) is 17.5. The summed E-state index contributed by atoms with van der Waals surface area (Å²) in [5.41, 5.74) is 6.19. The number of aromatic hydroxyl groups is 2. The van der Waals surface area contributed by atoms with Gasteiger partial charge in [0.05, 0.1) is 9.74 Å². The van der Waals surface area contributed by atoms with Gasteiger partial charge in [0.2, 0.25) is 0 Å². The lowest BCUT2D eigenvalue weighted by Crippen LogP contribution is -2.50. The van der Waals surface area contributed by atoms with Crippen LogP contribution < -0.4 is 5.73 Å². The number of rotatable bonds is 3. The predicted molar refractivity (Wildman–Crippen MR) is 87.9 cm³/mol. The van der Waals surface area contributed by atoms with E-state index in [1.165, 1.54) is 18.2 Å². The van der Waals surface area contributed by atoms with Crippen molar-refractivity contribution < 1.29 is 15.0 Å². The molecule has 4 N–H and O–H groups in total. The van der Waals surface area contributed by atoms with Crippen LogP contribution >= 0.6 is 24.0 Å². The molecule has 0 aliphatic carbocycles. The number of carbonyl (C=O) groups is 1. The van der Waals surface area contributed by atoms with Crippen molar-refractivity contribution in [2.24, 2.45) is 5.73 Å². The van der Waals surface area contributed by atoms with E-state index in [2.05, 4.69) is 0 Å². The molecule has 2 rings (SSSR count). The van der Waals surface area contributed by atoms with Gasteiger partial charge in [-0.1, -0.05) is 12.2 Å². The van der Waals surface area contributed by atoms with Crippen molar-refractivity contribution in [1.82, 2.24) is 4.90 Å². The summed E-state index contributed by atoms with van der Waals surface area (Å²) < 4.78 is -0.233. The van der Waals surface area contributed by atoms with Crippen molar-refractivity contribution in [3.63, 3.8) is 0 Å². The van der Waals surface area contributed by atoms with E-state index in [1.807, 2.05) is 6.26 Å². The van der Waals surface area contributed by atoms with Crippen LogP contribution in [0.15, 0.2) is 18.2 Å². The van der Waals surface area contributed by atoms with Crippen LogP contribution in [0, 0.1) is 0 Å². The van der Waals surface area contributed by atoms with Crippen molar-refractivity contribution >= 4 is 34.9 Å². The van der Waals surface area contributed by atoms with Gasteiger partial charge in [-0.2, -0.15) is 11.8 Å². The Morgan fingerprint density at radius 3 is 2.43 bits per heavy atom. The first kappa shape index (κ1) is 15.9. The molecule has 0 spiro atoms. The van der Waals surface area contributed by atoms with E-state index in [0.29, 0.717) is 23.6 Å². The fourth-order valence-electron chi connectivity index (χ4n) is 2.46. The third kappa shape index (κ3) is 3.08. The van der Waals surface area contributed by atoms with E-state index in [4.69, 9.17) is 18.0 Å². The molecule has 5 nitrogen and oxygen atoms in total. The second kappa shape index (κ2) is 6.11. The third-order valence-electron chi connectivity index (χ3n) is 3.92. The Bertz CT molecular complexity index is 569. The van der Waals surface area contributed by atoms with Crippen LogP contribution in [0.4, 0.5) is 0 Å². The molecular weight excluding hydrogens is 308 g/mol. The quantitative estimate of drug-likeness (QED) is 0.579. The number of thioether (sulfide) groups is 1. The first-order chi connectivity index (χ1) is 9.89. The smallest absolute Gasteiger partial charge is 0.253 e. The van der Waals surface area contributed by atoms with Crippen LogP contribution in [0.5, 0.6) is 11.5 Å². The molecule has 0 unspecified atom stereocenters. The van der Waals surface area contributed by atoms with Gasteiger partial charge in [-0.25, -0.2) is 0 Å². The first-order valence-electron chi connectivity index (χ1n) is 6.56. The average molecular weight is 326 g/mol. The second-order valence-electron chi connectivity index (χ2n) is 5.06. The third-order valence-corrected chi connectivity index (χ3v) is 5.85. The number of phenolic OH excluding ortho intramolecular Hbond substituents is 2. The van der Waals surface area contributed by atoms with Crippen LogP contribution in [0.25, 0.3) is 0 Å². The number of nitrogens with two attached hydrogens (primary N) is 1. The summed E-state index contributed by atoms with van der Waals surface area (Å²) in [5.74, 6) is -0.692. The molecule has 1 saturated heterocycles. The maximum Gasteiger partial charge on any atom is 0.253 e. The highest BCUT2D eigenvalue weighted by molar-refractivity contribution is 8.02. The number of hydrogen-bond donors (Lipinski definition) is 3. The Morgan fingerprint density at radius 2 is 1.95 bits per heavy atom. The lowest BCUT2D eigenvalue weighted by atomic mass is 9.95. The molecule has 0 atom stereocenters. The van der Waals surface area contributed by atoms with Gasteiger partial charge in [-0.05, 0) is 37.3 Å². The maximum atomic E-state index is 12.4. The Kier molecular flexibility index (Phi) is 4.63. The standard InChI is InChI=1S/C14H18N2O3S2/c1-21-14(13(15)20)4-6-16(7-5-14)12(19)9-2-3-10(17)11(18)8-9/h2-3,8,17-18H,4-7H2,1H3,(H2,15,20). The van der Waals surface area contributed by atoms with Crippen LogP contribution in [-0.2, 0) is 0 Å². The summed E-state index contributed by atoms with van der Waals surface area (Å²) in [7, 11) is 0. The molecule has 1 aliphatic heterocycles. The van der Waals surface area contributed by atoms with E-state index < -0.39 is 0 Å². The molecule has 1 aromatic carbocycles. The molecule has 0 bridgehead atoms. The van der Waals surface area contributed by atoms with Gasteiger partial charge in [-0.15, -0.1) is 0 Å². The molecule has 1 aromatic rings. The van der Waals surface area contributed by atoms with E-state index in [0.717, 1.165) is 12.8 Å². The van der Waals surface area contributed by atoms with Crippen molar-refractivity contribution in [2.45, 2.75) is 17.6 Å². The number of piperidine rings is 1. The summed E-state index contributed by atoms with van der Waals surface area (Å²) in [5, 5.41) is 18.8. The number of benzene rings is 1. The Hall–Kier alpha value is -1.47. The van der Waals surface area contributed by atoms with Gasteiger partial charge in [0.25, 0.3) is 5.91 Å². The molecule has 1 aliphatic rings. The second-order valence-corrected chi connectivity index (χ2v) is 6.69. The van der Waals surface area contributed by atoms with Crippen LogP contribution in [0.2, 0.25) is 0 Å². The minimum atomic E-state index is -0.292. The number of phenols is 2. The summed E-state index contributed by atoms with van der Waals surface area (Å²) in [6, 6.07) is 4.09. The molecule has 114 valence electrons. The minimum Gasteiger partial charge on any atom is -0.504 e. The zero-order valence-electron chi connectivity index (χ0n) is 11.7. The Labute approximate surface area is 133 Å². The van der Waals surface area contributed by atoms with Crippen LogP contribution in [0.3, 0.4) is 0 Å². The number of carbonyl (C=O) groups excluding carboxylic acids is 1. The monoisotopic (exact) mass is 326 g/mol. The topological polar surface area (TPSA) is 86.8 Å². The van der Waals surface area contributed by atoms with Gasteiger partial charge in [0, 0.05) is 18.7 Å². The van der Waals surface area contributed by atoms with Gasteiger partial charge < -0.3 is 20.8 Å². The zero-order valence-corrected chi connectivity index (χ0v) is 13.3. The van der Waals surface area contributed by atoms with Gasteiger partial charge >= 0.3 is 0 Å². The molecule has 0 aromatic heterocycles. The summed E-state index contributed by atoms with van der Waals surface area (Å²) >= 11 is 6.79. The molecule has 1 amide bonds. The predicted octanol–water partition coefficient (Wildman–Crippen LogP) is 1.72. The maximum absolute atomic E-state index is 12.4. The van der Waals surface area contributed by atoms with E-state index in [1.54, 1.807) is 16.7 Å². The van der Waals surface area contributed by atoms with Crippen molar-refractivity contribution in [3.8, 4) is 11.5 Å². The van der Waals surface area contributed by atoms with Gasteiger partial charge in [0.1, 0.15) is 0 Å². The molecule has 7 heteroatoms. The fraction of sp³-hybridized carbons (Fsp3) is 0.429. The Morgan fingerprint density at radius 1 is 1.33 bits per heavy atom. The number of likely N-dealkylation sites (tertiary alicyclic amines) is 1. The molecule has 1 heterocycles. The number of thiocarbonyl (C=S) groups is 1. The number of hydrogen-bond acceptors (Lipinski definition) is 5. The highest BCUT2D eigenvalue weighted by Gasteiger charge is 2.38. The lowest BCUT2D eigenvalue weighted by molar-refractivity contribution is 0.0718. The molecular formula is C14H18N2O3S2. The highest BCUT2D eigenvalue weighted by atomic mass is 32.2. The summed E-state index contributed by atoms with van der Waals surface area (Å²) in [6.45, 7) is 1.14. The van der Waals surface area contributed by atoms with Gasteiger partial charge in [-0.3, -0.25) is 4.79 Å². The molecule has 1 fully saturated rings. The molecule has 21 heavy (non-hydrogen) atoms. The van der Waals surface area contributed by atoms with Crippen molar-refractivity contribution in [3.05, 3.63) is 23.8 Å². The first-order valence-corrected chi connectivity index (χ1v) is 8.19. The van der Waals surface area contributed by atoms with Crippen LogP contribution in [0.1, 0.15) is 23.2 Å². The molecule has 0 saturated carbocycles. The fourth-order valence-corrected chi connectivity index (χ4v) is 3.71. The van der Waals surface area contributed by atoms with E-state index in [9.17, 15) is 15.0 Å². The van der Waals surface area contributed by atoms with Crippen molar-refractivity contribution in [2.75, 3.05) is 19.3 Å². The highest BCUT2D eigenvalue weighted by Crippen LogP contribution is 2.35. The van der Waals surface area contributed by atoms with E-state index in [-0.39, 0.29) is 22.2 Å². The van der Waals surface area contributed by atoms with E-state index >= 15 is 0 Å². The largest absolute Gasteiger partial charge is 0.504 e. The lowest BCUT2D eigenvalue weighted by Gasteiger charge is -2.40. The summed E-state index contributed by atoms with van der Waals surface area (Å²) in [6.07, 6.45) is 3.42. The number of amides is 1. The SMILES string of the molecule is CSC1(C(N)=S)CCN(C(=O)c2ccc(O)c(O)c2)CC1. The van der Waals surface area contributed by atoms with Gasteiger partial charge in [0.15, 0.2) is 11.5 Å². The zero-order chi connectivity index (χ0) is 15.6. The summed E-state index contributed by atoms with van der Waals surface area (Å²) in [4.78, 5) is 14.6. The minimum absolute atomic E-state index is 0.164. The average Bonchev–Trinajstić information content (AvgIpc) is 2.49. The Balaban J connectivity index is 2.09. The number of nitrogens with zero attached hydrogens (tertiary/aromatic N) is 1. The molecule has 0 radical (unpaired) electrons. The van der Waals surface area contributed by atoms with Crippen LogP contribution in [-0.4, -0.2) is 50.1 Å². The van der Waals surface area contributed by atoms with Crippen molar-refractivity contribution in [1.29, 1.82) is 0 Å².